The van der Waals surface area contributed by atoms with Crippen molar-refractivity contribution in [3.63, 3.8) is 0 Å². The van der Waals surface area contributed by atoms with Crippen molar-refractivity contribution in [3.05, 3.63) is 45.5 Å². The summed E-state index contributed by atoms with van der Waals surface area (Å²) in [6.07, 6.45) is 3.27. The highest BCUT2D eigenvalue weighted by Crippen LogP contribution is 2.26. The predicted molar refractivity (Wildman–Crippen MR) is 60.6 cm³/mol. The van der Waals surface area contributed by atoms with E-state index in [1.54, 1.807) is 25.6 Å². The van der Waals surface area contributed by atoms with E-state index in [0.29, 0.717) is 5.75 Å². The SMILES string of the molecule is COc1cc(-n2cc[nH]c2=O)ccc1Br. The molecule has 15 heavy (non-hydrogen) atoms. The summed E-state index contributed by atoms with van der Waals surface area (Å²) in [5.41, 5.74) is 0.598. The van der Waals surface area contributed by atoms with Crippen LogP contribution >= 0.6 is 15.9 Å². The number of imidazole rings is 1. The van der Waals surface area contributed by atoms with E-state index in [2.05, 4.69) is 20.9 Å². The average Bonchev–Trinajstić information content (AvgIpc) is 2.65. The molecule has 1 heterocycles. The second-order valence-corrected chi connectivity index (χ2v) is 3.81. The molecule has 2 rings (SSSR count). The topological polar surface area (TPSA) is 47.0 Å². The smallest absolute Gasteiger partial charge is 0.330 e. The summed E-state index contributed by atoms with van der Waals surface area (Å²) in [6.45, 7) is 0. The van der Waals surface area contributed by atoms with Crippen molar-refractivity contribution in [3.8, 4) is 11.4 Å². The molecule has 0 aliphatic heterocycles. The summed E-state index contributed by atoms with van der Waals surface area (Å²) < 4.78 is 7.52. The van der Waals surface area contributed by atoms with Crippen molar-refractivity contribution >= 4 is 15.9 Å². The lowest BCUT2D eigenvalue weighted by atomic mass is 10.3. The van der Waals surface area contributed by atoms with Gasteiger partial charge >= 0.3 is 5.69 Å². The summed E-state index contributed by atoms with van der Waals surface area (Å²) in [4.78, 5) is 13.9. The van der Waals surface area contributed by atoms with E-state index in [1.165, 1.54) is 4.57 Å². The molecule has 78 valence electrons. The monoisotopic (exact) mass is 268 g/mol. The maximum Gasteiger partial charge on any atom is 0.330 e. The van der Waals surface area contributed by atoms with Crippen LogP contribution in [0, 0.1) is 0 Å². The van der Waals surface area contributed by atoms with Crippen molar-refractivity contribution < 1.29 is 4.74 Å². The number of rotatable bonds is 2. The van der Waals surface area contributed by atoms with Crippen molar-refractivity contribution in [2.24, 2.45) is 0 Å². The van der Waals surface area contributed by atoms with Gasteiger partial charge < -0.3 is 9.72 Å². The Bertz CT molecular complexity index is 530. The van der Waals surface area contributed by atoms with Crippen molar-refractivity contribution in [1.29, 1.82) is 0 Å². The minimum atomic E-state index is -0.167. The lowest BCUT2D eigenvalue weighted by Gasteiger charge is -2.06. The number of H-pyrrole nitrogens is 1. The van der Waals surface area contributed by atoms with Crippen molar-refractivity contribution in [2.75, 3.05) is 7.11 Å². The van der Waals surface area contributed by atoms with E-state index >= 15 is 0 Å². The zero-order valence-corrected chi connectivity index (χ0v) is 9.61. The molecule has 0 unspecified atom stereocenters. The minimum absolute atomic E-state index is 0.167. The Morgan fingerprint density at radius 2 is 2.27 bits per heavy atom. The second kappa shape index (κ2) is 3.94. The first kappa shape index (κ1) is 10.0. The van der Waals surface area contributed by atoms with E-state index in [9.17, 15) is 4.79 Å². The van der Waals surface area contributed by atoms with Crippen molar-refractivity contribution in [1.82, 2.24) is 9.55 Å². The van der Waals surface area contributed by atoms with Crippen LogP contribution in [-0.4, -0.2) is 16.7 Å². The molecular weight excluding hydrogens is 260 g/mol. The Morgan fingerprint density at radius 3 is 2.87 bits per heavy atom. The number of aromatic amines is 1. The van der Waals surface area contributed by atoms with Gasteiger partial charge in [-0.3, -0.25) is 4.57 Å². The number of hydrogen-bond donors (Lipinski definition) is 1. The van der Waals surface area contributed by atoms with Gasteiger partial charge in [0.1, 0.15) is 5.75 Å². The van der Waals surface area contributed by atoms with Gasteiger partial charge in [0.15, 0.2) is 0 Å². The van der Waals surface area contributed by atoms with Crippen molar-refractivity contribution in [2.45, 2.75) is 0 Å². The summed E-state index contributed by atoms with van der Waals surface area (Å²) >= 11 is 3.35. The van der Waals surface area contributed by atoms with E-state index < -0.39 is 0 Å². The van der Waals surface area contributed by atoms with E-state index in [0.717, 1.165) is 10.2 Å². The van der Waals surface area contributed by atoms with Crippen LogP contribution in [0.1, 0.15) is 0 Å². The van der Waals surface area contributed by atoms with Gasteiger partial charge in [0.25, 0.3) is 0 Å². The number of nitrogens with one attached hydrogen (secondary N) is 1. The molecule has 0 saturated carbocycles. The largest absolute Gasteiger partial charge is 0.495 e. The van der Waals surface area contributed by atoms with Crippen LogP contribution in [0.5, 0.6) is 5.75 Å². The molecule has 1 N–H and O–H groups in total. The highest BCUT2D eigenvalue weighted by atomic mass is 79.9. The van der Waals surface area contributed by atoms with Gasteiger partial charge in [-0.1, -0.05) is 0 Å². The zero-order valence-electron chi connectivity index (χ0n) is 8.03. The molecule has 0 amide bonds. The predicted octanol–water partition coefficient (Wildman–Crippen LogP) is 1.94. The maximum absolute atomic E-state index is 11.4. The van der Waals surface area contributed by atoms with Gasteiger partial charge in [-0.2, -0.15) is 0 Å². The van der Waals surface area contributed by atoms with Crippen LogP contribution in [0.4, 0.5) is 0 Å². The van der Waals surface area contributed by atoms with E-state index in [4.69, 9.17) is 4.74 Å². The Morgan fingerprint density at radius 1 is 1.47 bits per heavy atom. The zero-order chi connectivity index (χ0) is 10.8. The molecule has 5 heteroatoms. The number of aromatic nitrogens is 2. The molecule has 4 nitrogen and oxygen atoms in total. The van der Waals surface area contributed by atoms with Crippen LogP contribution in [0.2, 0.25) is 0 Å². The number of nitrogens with zero attached hydrogens (tertiary/aromatic N) is 1. The molecule has 0 radical (unpaired) electrons. The Balaban J connectivity index is 2.55. The minimum Gasteiger partial charge on any atom is -0.495 e. The first-order valence-corrected chi connectivity index (χ1v) is 5.11. The lowest BCUT2D eigenvalue weighted by Crippen LogP contribution is -2.13. The number of ether oxygens (including phenoxy) is 1. The summed E-state index contributed by atoms with van der Waals surface area (Å²) in [5.74, 6) is 0.695. The first-order chi connectivity index (χ1) is 7.22. The van der Waals surface area contributed by atoms with Gasteiger partial charge in [-0.05, 0) is 28.1 Å². The van der Waals surface area contributed by atoms with Crippen LogP contribution in [0.15, 0.2) is 39.9 Å². The maximum atomic E-state index is 11.4. The molecule has 0 aliphatic rings. The standard InChI is InChI=1S/C10H9BrN2O2/c1-15-9-6-7(2-3-8(9)11)13-5-4-12-10(13)14/h2-6H,1H3,(H,12,14). The van der Waals surface area contributed by atoms with Gasteiger partial charge in [-0.15, -0.1) is 0 Å². The van der Waals surface area contributed by atoms with Crippen LogP contribution in [0.3, 0.4) is 0 Å². The number of halogens is 1. The molecule has 2 aromatic rings. The van der Waals surface area contributed by atoms with Gasteiger partial charge in [0.05, 0.1) is 17.3 Å². The lowest BCUT2D eigenvalue weighted by molar-refractivity contribution is 0.412. The van der Waals surface area contributed by atoms with Crippen LogP contribution in [0.25, 0.3) is 5.69 Å². The Labute approximate surface area is 94.6 Å². The Kier molecular flexibility index (Phi) is 2.64. The summed E-state index contributed by atoms with van der Waals surface area (Å²) in [7, 11) is 1.59. The molecule has 0 bridgehead atoms. The third-order valence-corrected chi connectivity index (χ3v) is 2.72. The summed E-state index contributed by atoms with van der Waals surface area (Å²) in [5, 5.41) is 0. The van der Waals surface area contributed by atoms with Gasteiger partial charge in [0, 0.05) is 18.5 Å². The molecule has 0 saturated heterocycles. The molecular formula is C10H9BrN2O2. The van der Waals surface area contributed by atoms with Crippen LogP contribution < -0.4 is 10.4 Å². The first-order valence-electron chi connectivity index (χ1n) is 4.32. The number of benzene rings is 1. The van der Waals surface area contributed by atoms with E-state index in [1.807, 2.05) is 12.1 Å². The highest BCUT2D eigenvalue weighted by molar-refractivity contribution is 9.10. The third-order valence-electron chi connectivity index (χ3n) is 2.06. The second-order valence-electron chi connectivity index (χ2n) is 2.95. The number of methoxy groups -OCH3 is 1. The highest BCUT2D eigenvalue weighted by Gasteiger charge is 2.04. The molecule has 1 aromatic heterocycles. The van der Waals surface area contributed by atoms with Crippen LogP contribution in [-0.2, 0) is 0 Å². The van der Waals surface area contributed by atoms with Gasteiger partial charge in [0.2, 0.25) is 0 Å². The third kappa shape index (κ3) is 1.83. The quantitative estimate of drug-likeness (QED) is 0.905. The Hall–Kier alpha value is -1.49. The fraction of sp³-hybridized carbons (Fsp3) is 0.100. The molecule has 1 aromatic carbocycles. The number of hydrogen-bond acceptors (Lipinski definition) is 2. The summed E-state index contributed by atoms with van der Waals surface area (Å²) in [6, 6.07) is 5.47. The normalized spacial score (nSPS) is 10.3. The fourth-order valence-electron chi connectivity index (χ4n) is 1.32. The average molecular weight is 269 g/mol. The molecule has 0 spiro atoms. The molecule has 0 aliphatic carbocycles. The molecule has 0 fully saturated rings. The van der Waals surface area contributed by atoms with E-state index in [-0.39, 0.29) is 5.69 Å². The molecule has 0 atom stereocenters. The fourth-order valence-corrected chi connectivity index (χ4v) is 1.73. The van der Waals surface area contributed by atoms with Gasteiger partial charge in [-0.25, -0.2) is 4.79 Å².